The van der Waals surface area contributed by atoms with Crippen molar-refractivity contribution in [3.8, 4) is 0 Å². The molecule has 0 saturated carbocycles. The van der Waals surface area contributed by atoms with Crippen LogP contribution in [0.25, 0.3) is 0 Å². The van der Waals surface area contributed by atoms with Crippen molar-refractivity contribution >= 4 is 5.91 Å². The standard InChI is InChI=1S/C55H93NO18/c1-3-5-7-9-11-13-15-17-18-19-21-22-24-26-28-30-32-39(60)38(56-43(61)33-31-29-27-25-23-20-16-14-12-10-8-6-4-2)37-69-53-49(67)46(64)51(41(35-58)71-53)74-55-50(68)47(65)52(42(36-59)72-55)73-54-48(66)45(63)44(62)40(34-57)70-54/h6,8,12,14,17-18,20,22-24,30,32,38-42,44-55,57-60,62-68H,3-5,7,9-11,13,15-16,19,21,25-29,31,33-37H2,1-2H3,(H,56,61)/b8-6-,14-12-,18-17+,23-20-,24-22+,32-30+. The summed E-state index contributed by atoms with van der Waals surface area (Å²) in [6, 6.07) is -1.01. The van der Waals surface area contributed by atoms with E-state index in [1.807, 2.05) is 6.08 Å². The zero-order chi connectivity index (χ0) is 54.1. The SMILES string of the molecule is CC/C=C\C/C=C\C/C=C\CCCCCC(=O)NC(COC1OC(CO)C(OC2OC(CO)C(OC3OC(CO)C(O)C(O)C3O)C(O)C2O)C(O)C1O)C(O)/C=C/CC/C=C/CC/C=C/CCCCCCCC. The lowest BCUT2D eigenvalue weighted by molar-refractivity contribution is -0.379. The molecule has 0 aromatic rings. The van der Waals surface area contributed by atoms with Crippen molar-refractivity contribution in [3.05, 3.63) is 72.9 Å². The van der Waals surface area contributed by atoms with Crippen molar-refractivity contribution in [2.24, 2.45) is 0 Å². The highest BCUT2D eigenvalue weighted by molar-refractivity contribution is 5.76. The van der Waals surface area contributed by atoms with E-state index in [2.05, 4.69) is 79.9 Å². The minimum absolute atomic E-state index is 0.193. The third-order valence-electron chi connectivity index (χ3n) is 13.2. The second-order valence-electron chi connectivity index (χ2n) is 19.3. The minimum atomic E-state index is -1.99. The number of hydrogen-bond acceptors (Lipinski definition) is 18. The molecular weight excluding hydrogens is 963 g/mol. The van der Waals surface area contributed by atoms with Crippen LogP contribution in [0.3, 0.4) is 0 Å². The number of hydrogen-bond donors (Lipinski definition) is 12. The van der Waals surface area contributed by atoms with Gasteiger partial charge in [-0.25, -0.2) is 0 Å². The second kappa shape index (κ2) is 38.7. The summed E-state index contributed by atoms with van der Waals surface area (Å²) in [6.45, 7) is 1.50. The van der Waals surface area contributed by atoms with Crippen LogP contribution in [0.5, 0.6) is 0 Å². The first-order valence-corrected chi connectivity index (χ1v) is 27.2. The maximum absolute atomic E-state index is 13.2. The number of carbonyl (C=O) groups is 1. The first-order chi connectivity index (χ1) is 35.8. The number of allylic oxidation sites excluding steroid dienone is 11. The van der Waals surface area contributed by atoms with E-state index in [1.54, 1.807) is 6.08 Å². The number of carbonyl (C=O) groups excluding carboxylic acids is 1. The molecule has 3 aliphatic heterocycles. The first-order valence-electron chi connectivity index (χ1n) is 27.2. The highest BCUT2D eigenvalue weighted by Crippen LogP contribution is 2.33. The van der Waals surface area contributed by atoms with E-state index in [0.29, 0.717) is 12.8 Å². The molecule has 17 atom stereocenters. The lowest BCUT2D eigenvalue weighted by Crippen LogP contribution is -2.66. The van der Waals surface area contributed by atoms with Crippen LogP contribution in [-0.4, -0.2) is 193 Å². The van der Waals surface area contributed by atoms with Crippen LogP contribution >= 0.6 is 0 Å². The molecule has 3 heterocycles. The van der Waals surface area contributed by atoms with Crippen LogP contribution < -0.4 is 5.32 Å². The number of rotatable bonds is 37. The Bertz CT molecular complexity index is 1640. The van der Waals surface area contributed by atoms with Crippen molar-refractivity contribution in [2.75, 3.05) is 26.4 Å². The summed E-state index contributed by atoms with van der Waals surface area (Å²) >= 11 is 0. The summed E-state index contributed by atoms with van der Waals surface area (Å²) in [5.41, 5.74) is 0. The largest absolute Gasteiger partial charge is 0.394 e. The number of aliphatic hydroxyl groups excluding tert-OH is 11. The van der Waals surface area contributed by atoms with Crippen LogP contribution in [0.4, 0.5) is 0 Å². The Kier molecular flexibility index (Phi) is 34.3. The van der Waals surface area contributed by atoms with Gasteiger partial charge < -0.3 is 89.9 Å². The average molecular weight is 1060 g/mol. The van der Waals surface area contributed by atoms with Crippen LogP contribution in [0.15, 0.2) is 72.9 Å². The summed E-state index contributed by atoms with van der Waals surface area (Å²) in [6.07, 6.45) is 16.2. The summed E-state index contributed by atoms with van der Waals surface area (Å²) < 4.78 is 34.1. The van der Waals surface area contributed by atoms with Gasteiger partial charge in [0.1, 0.15) is 73.2 Å². The van der Waals surface area contributed by atoms with Crippen LogP contribution in [0.2, 0.25) is 0 Å². The second-order valence-corrected chi connectivity index (χ2v) is 19.3. The smallest absolute Gasteiger partial charge is 0.220 e. The summed E-state index contributed by atoms with van der Waals surface area (Å²) in [7, 11) is 0. The fourth-order valence-corrected chi connectivity index (χ4v) is 8.70. The van der Waals surface area contributed by atoms with Gasteiger partial charge in [-0.2, -0.15) is 0 Å². The van der Waals surface area contributed by atoms with Gasteiger partial charge in [-0.3, -0.25) is 4.79 Å². The molecule has 426 valence electrons. The molecule has 0 spiro atoms. The maximum Gasteiger partial charge on any atom is 0.220 e. The Labute approximate surface area is 438 Å². The number of unbranched alkanes of at least 4 members (excludes halogenated alkanes) is 11. The van der Waals surface area contributed by atoms with E-state index in [-0.39, 0.29) is 18.9 Å². The monoisotopic (exact) mass is 1060 g/mol. The molecule has 19 nitrogen and oxygen atoms in total. The first kappa shape index (κ1) is 65.5. The van der Waals surface area contributed by atoms with E-state index in [9.17, 15) is 61.0 Å². The van der Waals surface area contributed by atoms with Gasteiger partial charge >= 0.3 is 0 Å². The number of aliphatic hydroxyl groups is 11. The Hall–Kier alpha value is -2.77. The Balaban J connectivity index is 1.58. The normalized spacial score (nSPS) is 32.0. The van der Waals surface area contributed by atoms with Gasteiger partial charge in [0, 0.05) is 6.42 Å². The molecule has 74 heavy (non-hydrogen) atoms. The molecule has 3 rings (SSSR count). The molecule has 0 aliphatic carbocycles. The molecule has 0 bridgehead atoms. The molecule has 17 unspecified atom stereocenters. The molecule has 19 heteroatoms. The summed E-state index contributed by atoms with van der Waals surface area (Å²) in [5.74, 6) is -0.324. The summed E-state index contributed by atoms with van der Waals surface area (Å²) in [5, 5.41) is 120. The van der Waals surface area contributed by atoms with Gasteiger partial charge in [0.05, 0.1) is 38.6 Å². The maximum atomic E-state index is 13.2. The zero-order valence-electron chi connectivity index (χ0n) is 43.8. The Morgan fingerprint density at radius 2 is 0.946 bits per heavy atom. The van der Waals surface area contributed by atoms with Crippen LogP contribution in [0, 0.1) is 0 Å². The average Bonchev–Trinajstić information content (AvgIpc) is 3.40. The van der Waals surface area contributed by atoms with Crippen molar-refractivity contribution in [3.63, 3.8) is 0 Å². The van der Waals surface area contributed by atoms with Crippen molar-refractivity contribution in [1.29, 1.82) is 0 Å². The molecule has 0 radical (unpaired) electrons. The third kappa shape index (κ3) is 23.5. The highest BCUT2D eigenvalue weighted by Gasteiger charge is 2.53. The molecule has 0 aromatic heterocycles. The summed E-state index contributed by atoms with van der Waals surface area (Å²) in [4.78, 5) is 13.2. The van der Waals surface area contributed by atoms with Crippen LogP contribution in [0.1, 0.15) is 136 Å². The van der Waals surface area contributed by atoms with Crippen LogP contribution in [-0.2, 0) is 33.2 Å². The fraction of sp³-hybridized carbons (Fsp3) is 0.764. The minimum Gasteiger partial charge on any atom is -0.394 e. The van der Waals surface area contributed by atoms with E-state index in [1.165, 1.54) is 38.5 Å². The predicted molar refractivity (Wildman–Crippen MR) is 277 cm³/mol. The highest BCUT2D eigenvalue weighted by atomic mass is 16.8. The molecule has 3 saturated heterocycles. The predicted octanol–water partition coefficient (Wildman–Crippen LogP) is 3.09. The molecule has 12 N–H and O–H groups in total. The van der Waals surface area contributed by atoms with E-state index in [4.69, 9.17) is 28.4 Å². The molecule has 1 amide bonds. The topological polar surface area (TPSA) is 307 Å². The molecule has 3 aliphatic rings. The van der Waals surface area contributed by atoms with Gasteiger partial charge in [0.2, 0.25) is 5.91 Å². The van der Waals surface area contributed by atoms with Crippen molar-refractivity contribution in [2.45, 2.75) is 240 Å². The Morgan fingerprint density at radius 3 is 1.51 bits per heavy atom. The fourth-order valence-electron chi connectivity index (χ4n) is 8.70. The zero-order valence-corrected chi connectivity index (χ0v) is 43.8. The lowest BCUT2D eigenvalue weighted by Gasteiger charge is -2.48. The number of nitrogens with one attached hydrogen (secondary N) is 1. The molecular formula is C55H93NO18. The van der Waals surface area contributed by atoms with Crippen molar-refractivity contribution < 1.29 is 89.4 Å². The van der Waals surface area contributed by atoms with E-state index in [0.717, 1.165) is 64.2 Å². The number of ether oxygens (including phenoxy) is 6. The Morgan fingerprint density at radius 1 is 0.500 bits per heavy atom. The molecule has 0 aromatic carbocycles. The van der Waals surface area contributed by atoms with Gasteiger partial charge in [-0.15, -0.1) is 0 Å². The van der Waals surface area contributed by atoms with Gasteiger partial charge in [-0.05, 0) is 77.0 Å². The quantitative estimate of drug-likeness (QED) is 0.0314. The number of amides is 1. The van der Waals surface area contributed by atoms with E-state index >= 15 is 0 Å². The van der Waals surface area contributed by atoms with Crippen molar-refractivity contribution in [1.82, 2.24) is 5.32 Å². The third-order valence-corrected chi connectivity index (χ3v) is 13.2. The van der Waals surface area contributed by atoms with E-state index < -0.39 is 124 Å². The van der Waals surface area contributed by atoms with Gasteiger partial charge in [0.15, 0.2) is 18.9 Å². The molecule has 3 fully saturated rings. The van der Waals surface area contributed by atoms with Gasteiger partial charge in [0.25, 0.3) is 0 Å². The van der Waals surface area contributed by atoms with Gasteiger partial charge in [-0.1, -0.05) is 125 Å². The lowest BCUT2D eigenvalue weighted by atomic mass is 9.96.